The minimum atomic E-state index is -1.30. The molecule has 2 aromatic heterocycles. The van der Waals surface area contributed by atoms with Crippen molar-refractivity contribution in [1.29, 1.82) is 0 Å². The van der Waals surface area contributed by atoms with E-state index in [2.05, 4.69) is 9.97 Å². The minimum absolute atomic E-state index is 0.0819. The largest absolute Gasteiger partial charge is 0.481 e. The van der Waals surface area contributed by atoms with Crippen LogP contribution < -0.4 is 0 Å². The zero-order valence-corrected chi connectivity index (χ0v) is 15.0. The van der Waals surface area contributed by atoms with Gasteiger partial charge in [0.2, 0.25) is 0 Å². The van der Waals surface area contributed by atoms with Crippen LogP contribution >= 0.6 is 22.9 Å². The second-order valence-corrected chi connectivity index (χ2v) is 7.42. The van der Waals surface area contributed by atoms with Crippen molar-refractivity contribution in [1.82, 2.24) is 9.97 Å². The van der Waals surface area contributed by atoms with Crippen molar-refractivity contribution in [2.45, 2.75) is 12.8 Å². The molecular weight excluding hydrogens is 401 g/mol. The third-order valence-electron chi connectivity index (χ3n) is 4.19. The van der Waals surface area contributed by atoms with Crippen LogP contribution in [0.1, 0.15) is 16.3 Å². The molecule has 0 aliphatic carbocycles. The molecule has 0 radical (unpaired) electrons. The fourth-order valence-electron chi connectivity index (χ4n) is 3.05. The van der Waals surface area contributed by atoms with E-state index in [1.807, 2.05) is 0 Å². The summed E-state index contributed by atoms with van der Waals surface area (Å²) in [6.07, 6.45) is -0.147. The topological polar surface area (TPSA) is 66.0 Å². The molecule has 0 bridgehead atoms. The maximum absolute atomic E-state index is 13.9. The second-order valence-electron chi connectivity index (χ2n) is 5.93. The van der Waals surface area contributed by atoms with Crippen LogP contribution in [0.15, 0.2) is 24.3 Å². The molecule has 27 heavy (non-hydrogen) atoms. The maximum Gasteiger partial charge on any atom is 0.309 e. The number of nitrogens with one attached hydrogen (secondary N) is 1. The second kappa shape index (κ2) is 6.54. The predicted molar refractivity (Wildman–Crippen MR) is 96.9 cm³/mol. The molecule has 0 saturated carbocycles. The summed E-state index contributed by atoms with van der Waals surface area (Å²) in [7, 11) is 0. The molecule has 4 nitrogen and oxygen atoms in total. The summed E-state index contributed by atoms with van der Waals surface area (Å²) in [4.78, 5) is 18.2. The molecule has 4 aromatic rings. The summed E-state index contributed by atoms with van der Waals surface area (Å²) in [6.45, 7) is 0. The Labute approximate surface area is 159 Å². The van der Waals surface area contributed by atoms with Crippen LogP contribution in [0.3, 0.4) is 0 Å². The molecule has 0 amide bonds. The van der Waals surface area contributed by atoms with Crippen LogP contribution in [0.25, 0.3) is 21.1 Å². The lowest BCUT2D eigenvalue weighted by Gasteiger charge is -2.01. The van der Waals surface area contributed by atoms with E-state index in [0.29, 0.717) is 38.3 Å². The van der Waals surface area contributed by atoms with Crippen molar-refractivity contribution < 1.29 is 23.1 Å². The van der Waals surface area contributed by atoms with Crippen molar-refractivity contribution in [2.24, 2.45) is 0 Å². The number of hydrogen-bond donors (Lipinski definition) is 2. The number of hydrogen-bond acceptors (Lipinski definition) is 3. The number of carboxylic acid groups (broad SMARTS) is 1. The van der Waals surface area contributed by atoms with Crippen LogP contribution in [-0.4, -0.2) is 21.0 Å². The Morgan fingerprint density at radius 3 is 2.78 bits per heavy atom. The van der Waals surface area contributed by atoms with Gasteiger partial charge in [-0.05, 0) is 11.6 Å². The summed E-state index contributed by atoms with van der Waals surface area (Å²) in [5, 5.41) is 10.6. The van der Waals surface area contributed by atoms with Crippen molar-refractivity contribution in [3.8, 4) is 0 Å². The van der Waals surface area contributed by atoms with E-state index in [1.54, 1.807) is 18.2 Å². The van der Waals surface area contributed by atoms with Crippen molar-refractivity contribution in [2.75, 3.05) is 0 Å². The molecule has 138 valence electrons. The number of halogens is 4. The van der Waals surface area contributed by atoms with Gasteiger partial charge in [0, 0.05) is 23.6 Å². The highest BCUT2D eigenvalue weighted by Crippen LogP contribution is 2.34. The van der Waals surface area contributed by atoms with Gasteiger partial charge in [0.25, 0.3) is 0 Å². The summed E-state index contributed by atoms with van der Waals surface area (Å²) in [6, 6.07) is 5.65. The number of carboxylic acids is 1. The Hall–Kier alpha value is -2.58. The molecule has 0 saturated heterocycles. The van der Waals surface area contributed by atoms with Gasteiger partial charge in [0.1, 0.15) is 11.3 Å². The number of thiazole rings is 1. The molecule has 0 aliphatic heterocycles. The van der Waals surface area contributed by atoms with Gasteiger partial charge in [-0.25, -0.2) is 18.2 Å². The number of rotatable bonds is 4. The minimum Gasteiger partial charge on any atom is -0.481 e. The molecule has 0 unspecified atom stereocenters. The van der Waals surface area contributed by atoms with Crippen LogP contribution in [0.5, 0.6) is 0 Å². The number of benzene rings is 2. The lowest BCUT2D eigenvalue weighted by Crippen LogP contribution is -2.03. The first kappa shape index (κ1) is 17.8. The van der Waals surface area contributed by atoms with E-state index >= 15 is 0 Å². The van der Waals surface area contributed by atoms with Crippen LogP contribution in [-0.2, 0) is 17.6 Å². The lowest BCUT2D eigenvalue weighted by molar-refractivity contribution is -0.136. The molecular formula is C18H10ClF3N2O2S. The number of fused-ring (bicyclic) bond motifs is 2. The monoisotopic (exact) mass is 410 g/mol. The third-order valence-corrected chi connectivity index (χ3v) is 5.57. The molecule has 2 N–H and O–H groups in total. The van der Waals surface area contributed by atoms with Crippen molar-refractivity contribution >= 4 is 50.0 Å². The van der Waals surface area contributed by atoms with E-state index in [0.717, 1.165) is 11.3 Å². The normalized spacial score (nSPS) is 11.6. The summed E-state index contributed by atoms with van der Waals surface area (Å²) >= 11 is 7.07. The Kier molecular flexibility index (Phi) is 4.32. The number of aliphatic carboxylic acids is 1. The number of para-hydroxylation sites is 1. The summed E-state index contributed by atoms with van der Waals surface area (Å²) in [5.74, 6) is -4.44. The van der Waals surface area contributed by atoms with Gasteiger partial charge in [-0.2, -0.15) is 0 Å². The zero-order chi connectivity index (χ0) is 19.3. The first-order valence-electron chi connectivity index (χ1n) is 7.77. The molecule has 0 atom stereocenters. The van der Waals surface area contributed by atoms with Gasteiger partial charge >= 0.3 is 5.97 Å². The van der Waals surface area contributed by atoms with Gasteiger partial charge in [0.15, 0.2) is 11.6 Å². The highest BCUT2D eigenvalue weighted by Gasteiger charge is 2.21. The lowest BCUT2D eigenvalue weighted by atomic mass is 10.1. The first-order valence-corrected chi connectivity index (χ1v) is 8.97. The first-order chi connectivity index (χ1) is 12.8. The number of H-pyrrole nitrogens is 1. The molecule has 9 heteroatoms. The fourth-order valence-corrected chi connectivity index (χ4v) is 4.25. The number of aromatic amines is 1. The van der Waals surface area contributed by atoms with Gasteiger partial charge in [0.05, 0.1) is 26.7 Å². The summed E-state index contributed by atoms with van der Waals surface area (Å²) < 4.78 is 41.2. The van der Waals surface area contributed by atoms with E-state index in [4.69, 9.17) is 16.7 Å². The fraction of sp³-hybridized carbons (Fsp3) is 0.111. The van der Waals surface area contributed by atoms with Gasteiger partial charge < -0.3 is 10.1 Å². The summed E-state index contributed by atoms with van der Waals surface area (Å²) in [5.41, 5.74) is 1.26. The standard InChI is InChI=1S/C18H10ClF3N2O2S/c19-9-3-1-2-7-8(12(6-14(25)26)23-16(7)9)4-13-24-17-15(22)10(20)5-11(21)18(17)27-13/h1-3,5,23H,4,6H2,(H,25,26). The van der Waals surface area contributed by atoms with Crippen LogP contribution in [0.4, 0.5) is 13.2 Å². The van der Waals surface area contributed by atoms with Gasteiger partial charge in [-0.1, -0.05) is 23.7 Å². The van der Waals surface area contributed by atoms with Crippen molar-refractivity contribution in [3.05, 3.63) is 63.0 Å². The predicted octanol–water partition coefficient (Wildman–Crippen LogP) is 5.07. The third kappa shape index (κ3) is 3.04. The van der Waals surface area contributed by atoms with Gasteiger partial charge in [-0.15, -0.1) is 11.3 Å². The molecule has 2 heterocycles. The SMILES string of the molecule is O=C(O)Cc1[nH]c2c(Cl)cccc2c1Cc1nc2c(F)c(F)cc(F)c2s1. The Morgan fingerprint density at radius 2 is 2.04 bits per heavy atom. The van der Waals surface area contributed by atoms with E-state index in [9.17, 15) is 18.0 Å². The smallest absolute Gasteiger partial charge is 0.309 e. The van der Waals surface area contributed by atoms with Crippen LogP contribution in [0, 0.1) is 17.5 Å². The molecule has 0 spiro atoms. The Bertz CT molecular complexity index is 1220. The Morgan fingerprint density at radius 1 is 1.26 bits per heavy atom. The number of aromatic nitrogens is 2. The highest BCUT2D eigenvalue weighted by atomic mass is 35.5. The molecule has 4 rings (SSSR count). The van der Waals surface area contributed by atoms with E-state index in [1.165, 1.54) is 0 Å². The number of nitrogens with zero attached hydrogens (tertiary/aromatic N) is 1. The average Bonchev–Trinajstić information content (AvgIpc) is 3.17. The quantitative estimate of drug-likeness (QED) is 0.462. The number of carbonyl (C=O) groups is 1. The molecule has 0 aliphatic rings. The zero-order valence-electron chi connectivity index (χ0n) is 13.4. The van der Waals surface area contributed by atoms with E-state index in [-0.39, 0.29) is 23.1 Å². The maximum atomic E-state index is 13.9. The van der Waals surface area contributed by atoms with Crippen LogP contribution in [0.2, 0.25) is 5.02 Å². The Balaban J connectivity index is 1.87. The van der Waals surface area contributed by atoms with Crippen molar-refractivity contribution in [3.63, 3.8) is 0 Å². The van der Waals surface area contributed by atoms with Gasteiger partial charge in [-0.3, -0.25) is 4.79 Å². The average molecular weight is 411 g/mol. The van der Waals surface area contributed by atoms with E-state index < -0.39 is 23.4 Å². The highest BCUT2D eigenvalue weighted by molar-refractivity contribution is 7.18. The molecule has 0 fully saturated rings. The molecule has 2 aromatic carbocycles.